The Morgan fingerprint density at radius 2 is 1.72 bits per heavy atom. The second-order valence-electron chi connectivity index (χ2n) is 8.54. The summed E-state index contributed by atoms with van der Waals surface area (Å²) in [4.78, 5) is 45.8. The fourth-order valence-corrected chi connectivity index (χ4v) is 5.57. The predicted molar refractivity (Wildman–Crippen MR) is 140 cm³/mol. The molecule has 5 rings (SSSR count). The standard InChI is InChI=1S/C28H25N3O4S/c1-30-25(29-21-12-6-5-11-20(21)28(30)34)15-16-27(33)35-17-26(32)31-22-13-7-8-14-24(22)36-18-23(31)19-9-3-2-4-10-19/h2-14,23H,15-18H2,1H3. The molecular formula is C28H25N3O4S. The average Bonchev–Trinajstić information content (AvgIpc) is 2.92. The van der Waals surface area contributed by atoms with E-state index in [9.17, 15) is 14.4 Å². The molecule has 1 atom stereocenters. The van der Waals surface area contributed by atoms with E-state index in [0.29, 0.717) is 22.5 Å². The molecule has 0 radical (unpaired) electrons. The van der Waals surface area contributed by atoms with Crippen molar-refractivity contribution in [1.82, 2.24) is 9.55 Å². The first-order valence-corrected chi connectivity index (χ1v) is 12.7. The lowest BCUT2D eigenvalue weighted by atomic mass is 10.1. The molecular weight excluding hydrogens is 474 g/mol. The maximum atomic E-state index is 13.4. The van der Waals surface area contributed by atoms with E-state index < -0.39 is 5.97 Å². The monoisotopic (exact) mass is 499 g/mol. The number of carbonyl (C=O) groups is 2. The third-order valence-electron chi connectivity index (χ3n) is 6.27. The zero-order valence-corrected chi connectivity index (χ0v) is 20.6. The highest BCUT2D eigenvalue weighted by Gasteiger charge is 2.32. The number of amides is 1. The Labute approximate surface area is 212 Å². The van der Waals surface area contributed by atoms with Gasteiger partial charge in [0, 0.05) is 24.1 Å². The van der Waals surface area contributed by atoms with Crippen molar-refractivity contribution in [1.29, 1.82) is 0 Å². The van der Waals surface area contributed by atoms with Crippen molar-refractivity contribution < 1.29 is 14.3 Å². The minimum absolute atomic E-state index is 0.0143. The largest absolute Gasteiger partial charge is 0.456 e. The number of aryl methyl sites for hydroxylation is 1. The third-order valence-corrected chi connectivity index (χ3v) is 7.41. The minimum Gasteiger partial charge on any atom is -0.456 e. The smallest absolute Gasteiger partial charge is 0.306 e. The van der Waals surface area contributed by atoms with Crippen LogP contribution in [0, 0.1) is 0 Å². The molecule has 0 N–H and O–H groups in total. The van der Waals surface area contributed by atoms with Gasteiger partial charge in [-0.15, -0.1) is 11.8 Å². The van der Waals surface area contributed by atoms with E-state index in [1.807, 2.05) is 60.7 Å². The number of fused-ring (bicyclic) bond motifs is 2. The molecule has 1 unspecified atom stereocenters. The van der Waals surface area contributed by atoms with Crippen LogP contribution in [-0.4, -0.2) is 33.8 Å². The number of rotatable bonds is 6. The topological polar surface area (TPSA) is 81.5 Å². The van der Waals surface area contributed by atoms with Gasteiger partial charge in [0.15, 0.2) is 6.61 Å². The molecule has 1 amide bonds. The summed E-state index contributed by atoms with van der Waals surface area (Å²) in [5.41, 5.74) is 2.28. The lowest BCUT2D eigenvalue weighted by molar-refractivity contribution is -0.148. The van der Waals surface area contributed by atoms with Crippen LogP contribution in [0.4, 0.5) is 5.69 Å². The average molecular weight is 500 g/mol. The minimum atomic E-state index is -0.512. The Hall–Kier alpha value is -3.91. The van der Waals surface area contributed by atoms with Crippen molar-refractivity contribution in [3.05, 3.63) is 101 Å². The van der Waals surface area contributed by atoms with E-state index in [1.165, 1.54) is 4.57 Å². The van der Waals surface area contributed by atoms with Crippen LogP contribution < -0.4 is 10.5 Å². The van der Waals surface area contributed by atoms with E-state index in [1.54, 1.807) is 41.9 Å². The van der Waals surface area contributed by atoms with Gasteiger partial charge in [-0.05, 0) is 29.8 Å². The molecule has 7 nitrogen and oxygen atoms in total. The van der Waals surface area contributed by atoms with Crippen LogP contribution in [0.2, 0.25) is 0 Å². The van der Waals surface area contributed by atoms with E-state index >= 15 is 0 Å². The molecule has 36 heavy (non-hydrogen) atoms. The first-order valence-electron chi connectivity index (χ1n) is 11.7. The number of esters is 1. The summed E-state index contributed by atoms with van der Waals surface area (Å²) in [5, 5.41) is 0.532. The van der Waals surface area contributed by atoms with Crippen molar-refractivity contribution in [3.8, 4) is 0 Å². The van der Waals surface area contributed by atoms with Crippen LogP contribution in [0.5, 0.6) is 0 Å². The molecule has 0 bridgehead atoms. The molecule has 3 aromatic carbocycles. The van der Waals surface area contributed by atoms with E-state index in [4.69, 9.17) is 4.74 Å². The highest BCUT2D eigenvalue weighted by molar-refractivity contribution is 7.99. The van der Waals surface area contributed by atoms with E-state index in [-0.39, 0.29) is 37.0 Å². The van der Waals surface area contributed by atoms with Gasteiger partial charge in [0.1, 0.15) is 5.82 Å². The van der Waals surface area contributed by atoms with Crippen LogP contribution in [-0.2, 0) is 27.8 Å². The summed E-state index contributed by atoms with van der Waals surface area (Å²) in [7, 11) is 1.64. The third kappa shape index (κ3) is 4.77. The first-order chi connectivity index (χ1) is 17.5. The Bertz CT molecular complexity index is 1490. The molecule has 1 aliphatic rings. The number of aromatic nitrogens is 2. The van der Waals surface area contributed by atoms with Crippen molar-refractivity contribution in [2.24, 2.45) is 7.05 Å². The number of para-hydroxylation sites is 2. The molecule has 0 spiro atoms. The van der Waals surface area contributed by atoms with Gasteiger partial charge < -0.3 is 4.74 Å². The Morgan fingerprint density at radius 3 is 2.56 bits per heavy atom. The molecule has 1 aromatic heterocycles. The Morgan fingerprint density at radius 1 is 1.00 bits per heavy atom. The molecule has 8 heteroatoms. The van der Waals surface area contributed by atoms with E-state index in [2.05, 4.69) is 4.98 Å². The molecule has 1 aliphatic heterocycles. The SMILES string of the molecule is Cn1c(CCC(=O)OCC(=O)N2c3ccccc3SCC2c2ccccc2)nc2ccccc2c1=O. The summed E-state index contributed by atoms with van der Waals surface area (Å²) in [6.07, 6.45) is 0.250. The Kier molecular flexibility index (Phi) is 6.86. The second-order valence-corrected chi connectivity index (χ2v) is 9.60. The number of nitrogens with zero attached hydrogens (tertiary/aromatic N) is 3. The fraction of sp³-hybridized carbons (Fsp3) is 0.214. The zero-order chi connectivity index (χ0) is 25.1. The molecule has 4 aromatic rings. The lowest BCUT2D eigenvalue weighted by Crippen LogP contribution is -2.41. The molecule has 0 fully saturated rings. The number of anilines is 1. The number of hydrogen-bond donors (Lipinski definition) is 0. The highest BCUT2D eigenvalue weighted by Crippen LogP contribution is 2.43. The lowest BCUT2D eigenvalue weighted by Gasteiger charge is -2.37. The number of benzene rings is 3. The van der Waals surface area contributed by atoms with Gasteiger partial charge in [-0.1, -0.05) is 54.6 Å². The molecule has 2 heterocycles. The summed E-state index contributed by atoms with van der Waals surface area (Å²) in [5.74, 6) is 0.415. The number of ether oxygens (including phenoxy) is 1. The van der Waals surface area contributed by atoms with Crippen LogP contribution in [0.3, 0.4) is 0 Å². The normalized spacial score (nSPS) is 14.9. The highest BCUT2D eigenvalue weighted by atomic mass is 32.2. The fourth-order valence-electron chi connectivity index (χ4n) is 4.40. The zero-order valence-electron chi connectivity index (χ0n) is 19.8. The van der Waals surface area contributed by atoms with Gasteiger partial charge in [0.25, 0.3) is 11.5 Å². The molecule has 0 saturated heterocycles. The maximum absolute atomic E-state index is 13.4. The second kappa shape index (κ2) is 10.4. The van der Waals surface area contributed by atoms with Gasteiger partial charge >= 0.3 is 5.97 Å². The summed E-state index contributed by atoms with van der Waals surface area (Å²) < 4.78 is 6.84. The van der Waals surface area contributed by atoms with Crippen LogP contribution in [0.25, 0.3) is 10.9 Å². The molecule has 0 saturated carbocycles. The number of hydrogen-bond acceptors (Lipinski definition) is 6. The number of thioether (sulfide) groups is 1. The predicted octanol–water partition coefficient (Wildman–Crippen LogP) is 4.29. The van der Waals surface area contributed by atoms with Crippen LogP contribution >= 0.6 is 11.8 Å². The van der Waals surface area contributed by atoms with Crippen molar-refractivity contribution in [2.75, 3.05) is 17.3 Å². The van der Waals surface area contributed by atoms with Crippen molar-refractivity contribution in [2.45, 2.75) is 23.8 Å². The molecule has 182 valence electrons. The summed E-state index contributed by atoms with van der Waals surface area (Å²) in [6.45, 7) is -0.356. The maximum Gasteiger partial charge on any atom is 0.306 e. The van der Waals surface area contributed by atoms with Gasteiger partial charge in [0.05, 0.1) is 29.1 Å². The van der Waals surface area contributed by atoms with Gasteiger partial charge in [0.2, 0.25) is 0 Å². The number of carbonyl (C=O) groups excluding carboxylic acids is 2. The van der Waals surface area contributed by atoms with Crippen molar-refractivity contribution >= 4 is 40.2 Å². The van der Waals surface area contributed by atoms with E-state index in [0.717, 1.165) is 16.1 Å². The van der Waals surface area contributed by atoms with Gasteiger partial charge in [-0.25, -0.2) is 4.98 Å². The quantitative estimate of drug-likeness (QED) is 0.368. The van der Waals surface area contributed by atoms with Crippen LogP contribution in [0.1, 0.15) is 23.9 Å². The van der Waals surface area contributed by atoms with Gasteiger partial charge in [-0.2, -0.15) is 0 Å². The van der Waals surface area contributed by atoms with Crippen LogP contribution in [0.15, 0.2) is 88.6 Å². The Balaban J connectivity index is 1.28. The van der Waals surface area contributed by atoms with Crippen molar-refractivity contribution in [3.63, 3.8) is 0 Å². The summed E-state index contributed by atoms with van der Waals surface area (Å²) in [6, 6.07) is 24.6. The molecule has 0 aliphatic carbocycles. The summed E-state index contributed by atoms with van der Waals surface area (Å²) >= 11 is 1.71. The van der Waals surface area contributed by atoms with Gasteiger partial charge in [-0.3, -0.25) is 23.9 Å². The first kappa shape index (κ1) is 23.8.